The van der Waals surface area contributed by atoms with Crippen molar-refractivity contribution < 1.29 is 17.9 Å². The highest BCUT2D eigenvalue weighted by atomic mass is 127. The Balaban J connectivity index is 0.00000288. The van der Waals surface area contributed by atoms with Crippen LogP contribution in [0.15, 0.2) is 21.3 Å². The molecule has 0 saturated carbocycles. The zero-order chi connectivity index (χ0) is 16.9. The van der Waals surface area contributed by atoms with Crippen LogP contribution in [0.3, 0.4) is 0 Å². The molecule has 1 fully saturated rings. The molecule has 1 aromatic rings. The molecule has 138 valence electrons. The van der Waals surface area contributed by atoms with Gasteiger partial charge in [-0.05, 0) is 12.1 Å². The van der Waals surface area contributed by atoms with E-state index in [-0.39, 0.29) is 34.3 Å². The SMILES string of the molecule is CN=C(NCc1ccc(S(N)(=O)=O)s1)N1CCOC(COC)C1.I. The Morgan fingerprint density at radius 1 is 1.58 bits per heavy atom. The lowest BCUT2D eigenvalue weighted by Gasteiger charge is -2.34. The van der Waals surface area contributed by atoms with Crippen molar-refractivity contribution in [1.82, 2.24) is 10.2 Å². The number of methoxy groups -OCH3 is 1. The predicted octanol–water partition coefficient (Wildman–Crippen LogP) is 0.436. The third-order valence-corrected chi connectivity index (χ3v) is 5.86. The van der Waals surface area contributed by atoms with E-state index < -0.39 is 10.0 Å². The second-order valence-electron chi connectivity index (χ2n) is 5.06. The summed E-state index contributed by atoms with van der Waals surface area (Å²) in [5.74, 6) is 0.750. The fourth-order valence-electron chi connectivity index (χ4n) is 2.30. The molecule has 1 aliphatic rings. The van der Waals surface area contributed by atoms with Crippen molar-refractivity contribution in [3.8, 4) is 0 Å². The van der Waals surface area contributed by atoms with Gasteiger partial charge in [0.1, 0.15) is 4.21 Å². The maximum Gasteiger partial charge on any atom is 0.247 e. The molecule has 1 saturated heterocycles. The summed E-state index contributed by atoms with van der Waals surface area (Å²) < 4.78 is 33.5. The summed E-state index contributed by atoms with van der Waals surface area (Å²) in [5, 5.41) is 8.35. The predicted molar refractivity (Wildman–Crippen MR) is 104 cm³/mol. The van der Waals surface area contributed by atoms with Crippen molar-refractivity contribution >= 4 is 51.3 Å². The van der Waals surface area contributed by atoms with Crippen LogP contribution < -0.4 is 10.5 Å². The first-order valence-corrected chi connectivity index (χ1v) is 9.48. The maximum atomic E-state index is 11.3. The summed E-state index contributed by atoms with van der Waals surface area (Å²) in [5.41, 5.74) is 0. The number of rotatable bonds is 5. The molecule has 0 aliphatic carbocycles. The molecule has 0 aromatic carbocycles. The van der Waals surface area contributed by atoms with E-state index in [1.807, 2.05) is 0 Å². The molecular formula is C13H23IN4O4S2. The van der Waals surface area contributed by atoms with Crippen molar-refractivity contribution in [3.05, 3.63) is 17.0 Å². The number of hydrogen-bond donors (Lipinski definition) is 2. The number of sulfonamides is 1. The van der Waals surface area contributed by atoms with Crippen LogP contribution in [0.25, 0.3) is 0 Å². The van der Waals surface area contributed by atoms with E-state index in [9.17, 15) is 8.42 Å². The molecular weight excluding hydrogens is 467 g/mol. The van der Waals surface area contributed by atoms with Gasteiger partial charge in [-0.25, -0.2) is 13.6 Å². The number of hydrogen-bond acceptors (Lipinski definition) is 6. The summed E-state index contributed by atoms with van der Waals surface area (Å²) >= 11 is 1.15. The Hall–Kier alpha value is -0.470. The fourth-order valence-corrected chi connectivity index (χ4v) is 4.02. The van der Waals surface area contributed by atoms with Gasteiger partial charge >= 0.3 is 0 Å². The van der Waals surface area contributed by atoms with Gasteiger partial charge in [0.05, 0.1) is 25.9 Å². The van der Waals surface area contributed by atoms with Gasteiger partial charge in [-0.15, -0.1) is 35.3 Å². The monoisotopic (exact) mass is 490 g/mol. The lowest BCUT2D eigenvalue weighted by molar-refractivity contribution is -0.0447. The molecule has 2 heterocycles. The normalized spacial score (nSPS) is 19.0. The smallest absolute Gasteiger partial charge is 0.247 e. The number of nitrogens with zero attached hydrogens (tertiary/aromatic N) is 2. The number of primary sulfonamides is 1. The van der Waals surface area contributed by atoms with E-state index in [1.165, 1.54) is 6.07 Å². The lowest BCUT2D eigenvalue weighted by Crippen LogP contribution is -2.51. The molecule has 1 aliphatic heterocycles. The number of nitrogens with two attached hydrogens (primary N) is 1. The number of guanidine groups is 1. The van der Waals surface area contributed by atoms with E-state index in [2.05, 4.69) is 15.2 Å². The first-order valence-electron chi connectivity index (χ1n) is 7.11. The zero-order valence-corrected chi connectivity index (χ0v) is 17.6. The zero-order valence-electron chi connectivity index (χ0n) is 13.6. The van der Waals surface area contributed by atoms with Crippen LogP contribution in [0.4, 0.5) is 0 Å². The highest BCUT2D eigenvalue weighted by Gasteiger charge is 2.22. The Kier molecular flexibility index (Phi) is 8.87. The minimum atomic E-state index is -3.64. The summed E-state index contributed by atoms with van der Waals surface area (Å²) in [6.45, 7) is 3.08. The number of nitrogens with one attached hydrogen (secondary N) is 1. The number of aliphatic imine (C=N–C) groups is 1. The van der Waals surface area contributed by atoms with E-state index in [0.717, 1.165) is 28.7 Å². The van der Waals surface area contributed by atoms with Gasteiger partial charge in [0, 0.05) is 32.1 Å². The van der Waals surface area contributed by atoms with Gasteiger partial charge in [-0.3, -0.25) is 4.99 Å². The number of morpholine rings is 1. The fraction of sp³-hybridized carbons (Fsp3) is 0.615. The van der Waals surface area contributed by atoms with Gasteiger partial charge in [-0.1, -0.05) is 0 Å². The molecule has 1 unspecified atom stereocenters. The van der Waals surface area contributed by atoms with Crippen LogP contribution in [-0.4, -0.2) is 65.8 Å². The van der Waals surface area contributed by atoms with Gasteiger partial charge in [0.15, 0.2) is 5.96 Å². The Morgan fingerprint density at radius 2 is 2.33 bits per heavy atom. The van der Waals surface area contributed by atoms with Gasteiger partial charge in [0.25, 0.3) is 0 Å². The Bertz CT molecular complexity index is 648. The first-order chi connectivity index (χ1) is 10.9. The van der Waals surface area contributed by atoms with Crippen LogP contribution in [0.1, 0.15) is 4.88 Å². The van der Waals surface area contributed by atoms with Gasteiger partial charge in [-0.2, -0.15) is 0 Å². The summed E-state index contributed by atoms with van der Waals surface area (Å²) in [6, 6.07) is 3.26. The molecule has 0 radical (unpaired) electrons. The second kappa shape index (κ2) is 9.87. The minimum absolute atomic E-state index is 0. The van der Waals surface area contributed by atoms with E-state index in [0.29, 0.717) is 26.3 Å². The summed E-state index contributed by atoms with van der Waals surface area (Å²) in [4.78, 5) is 7.24. The number of thiophene rings is 1. The maximum absolute atomic E-state index is 11.3. The van der Waals surface area contributed by atoms with Crippen molar-refractivity contribution in [1.29, 1.82) is 0 Å². The second-order valence-corrected chi connectivity index (χ2v) is 8.02. The van der Waals surface area contributed by atoms with E-state index in [4.69, 9.17) is 14.6 Å². The average molecular weight is 490 g/mol. The summed E-state index contributed by atoms with van der Waals surface area (Å²) in [6.07, 6.45) is 0.0167. The van der Waals surface area contributed by atoms with Crippen molar-refractivity contribution in [2.24, 2.45) is 10.1 Å². The summed E-state index contributed by atoms with van der Waals surface area (Å²) in [7, 11) is -0.277. The first kappa shape index (κ1) is 21.6. The van der Waals surface area contributed by atoms with Crippen LogP contribution in [0, 0.1) is 0 Å². The van der Waals surface area contributed by atoms with Crippen molar-refractivity contribution in [3.63, 3.8) is 0 Å². The molecule has 0 bridgehead atoms. The molecule has 24 heavy (non-hydrogen) atoms. The van der Waals surface area contributed by atoms with Gasteiger partial charge < -0.3 is 19.7 Å². The average Bonchev–Trinajstić information content (AvgIpc) is 2.98. The number of ether oxygens (including phenoxy) is 2. The molecule has 2 rings (SSSR count). The van der Waals surface area contributed by atoms with Crippen molar-refractivity contribution in [2.45, 2.75) is 16.9 Å². The molecule has 3 N–H and O–H groups in total. The Labute approximate surface area is 163 Å². The standard InChI is InChI=1S/C13H22N4O4S2.HI/c1-15-13(17-5-6-21-10(8-17)9-20-2)16-7-11-3-4-12(22-11)23(14,18)19;/h3-4,10H,5-9H2,1-2H3,(H,15,16)(H2,14,18,19);1H. The quantitative estimate of drug-likeness (QED) is 0.353. The molecule has 8 nitrogen and oxygen atoms in total. The molecule has 1 aromatic heterocycles. The van der Waals surface area contributed by atoms with Crippen molar-refractivity contribution in [2.75, 3.05) is 40.5 Å². The highest BCUT2D eigenvalue weighted by molar-refractivity contribution is 14.0. The van der Waals surface area contributed by atoms with Crippen LogP contribution >= 0.6 is 35.3 Å². The molecule has 1 atom stereocenters. The van der Waals surface area contributed by atoms with E-state index in [1.54, 1.807) is 20.2 Å². The third-order valence-electron chi connectivity index (χ3n) is 3.34. The van der Waals surface area contributed by atoms with E-state index >= 15 is 0 Å². The van der Waals surface area contributed by atoms with Crippen LogP contribution in [-0.2, 0) is 26.0 Å². The van der Waals surface area contributed by atoms with Crippen LogP contribution in [0.5, 0.6) is 0 Å². The molecule has 0 spiro atoms. The van der Waals surface area contributed by atoms with Gasteiger partial charge in [0.2, 0.25) is 10.0 Å². The minimum Gasteiger partial charge on any atom is -0.382 e. The van der Waals surface area contributed by atoms with Crippen LogP contribution in [0.2, 0.25) is 0 Å². The third kappa shape index (κ3) is 6.11. The topological polar surface area (TPSA) is 106 Å². The molecule has 0 amide bonds. The number of halogens is 1. The Morgan fingerprint density at radius 3 is 2.92 bits per heavy atom. The largest absolute Gasteiger partial charge is 0.382 e. The highest BCUT2D eigenvalue weighted by Crippen LogP contribution is 2.20. The molecule has 11 heteroatoms. The lowest BCUT2D eigenvalue weighted by atomic mass is 10.3.